The molecule has 0 amide bonds. The lowest BCUT2D eigenvalue weighted by Gasteiger charge is -2.38. The number of aromatic nitrogens is 3. The van der Waals surface area contributed by atoms with Crippen molar-refractivity contribution in [3.8, 4) is 34.5 Å². The highest BCUT2D eigenvalue weighted by atomic mass is 28.3. The summed E-state index contributed by atoms with van der Waals surface area (Å²) in [6.07, 6.45) is 8.15. The van der Waals surface area contributed by atoms with Crippen LogP contribution < -0.4 is 14.4 Å². The molecule has 6 rings (SSSR count). The van der Waals surface area contributed by atoms with Gasteiger partial charge < -0.3 is 23.9 Å². The first-order valence-electron chi connectivity index (χ1n) is 18.6. The van der Waals surface area contributed by atoms with E-state index < -0.39 is 25.1 Å². The Bertz CT molecular complexity index is 1990. The third kappa shape index (κ3) is 7.24. The number of anilines is 1. The number of hydrogen-bond donors (Lipinski definition) is 0. The Hall–Kier alpha value is -4.14. The van der Waals surface area contributed by atoms with Gasteiger partial charge in [-0.3, -0.25) is 4.98 Å². The van der Waals surface area contributed by atoms with Gasteiger partial charge in [0.25, 0.3) is 0 Å². The maximum atomic E-state index is 17.3. The molecule has 1 aliphatic heterocycles. The number of aldehydes is 1. The summed E-state index contributed by atoms with van der Waals surface area (Å²) in [6.45, 7) is 14.9. The lowest BCUT2D eigenvalue weighted by Crippen LogP contribution is -2.43. The topological polar surface area (TPSA) is 86.7 Å². The van der Waals surface area contributed by atoms with E-state index in [1.54, 1.807) is 24.4 Å². The number of fused-ring (bicyclic) bond motifs is 2. The van der Waals surface area contributed by atoms with E-state index in [2.05, 4.69) is 62.9 Å². The number of pyridine rings is 1. The van der Waals surface area contributed by atoms with Gasteiger partial charge in [-0.1, -0.05) is 66.4 Å². The van der Waals surface area contributed by atoms with E-state index in [1.165, 1.54) is 13.2 Å². The number of hydrogen-bond acceptors (Lipinski definition) is 8. The van der Waals surface area contributed by atoms with E-state index in [0.29, 0.717) is 49.9 Å². The monoisotopic (exact) mass is 728 g/mol. The van der Waals surface area contributed by atoms with E-state index in [4.69, 9.17) is 24.2 Å². The van der Waals surface area contributed by atoms with Gasteiger partial charge in [-0.05, 0) is 65.9 Å². The van der Waals surface area contributed by atoms with Crippen LogP contribution in [0.4, 0.5) is 14.6 Å². The molecule has 0 N–H and O–H groups in total. The summed E-state index contributed by atoms with van der Waals surface area (Å²) >= 11 is 0. The smallest absolute Gasteiger partial charge is 0.319 e. The molecule has 2 aliphatic rings. The van der Waals surface area contributed by atoms with Crippen LogP contribution in [0.25, 0.3) is 32.9 Å². The molecule has 8 nitrogen and oxygen atoms in total. The minimum absolute atomic E-state index is 0.00733. The summed E-state index contributed by atoms with van der Waals surface area (Å²) in [6, 6.07) is 6.51. The van der Waals surface area contributed by atoms with Gasteiger partial charge in [0, 0.05) is 37.3 Å². The van der Waals surface area contributed by atoms with Gasteiger partial charge in [-0.15, -0.1) is 5.54 Å². The number of carbonyl (C=O) groups is 1. The Morgan fingerprint density at radius 3 is 2.27 bits per heavy atom. The molecule has 0 radical (unpaired) electrons. The number of carbonyl (C=O) groups excluding carboxylic acids is 1. The Morgan fingerprint density at radius 1 is 0.962 bits per heavy atom. The zero-order chi connectivity index (χ0) is 37.2. The molecule has 11 heteroatoms. The summed E-state index contributed by atoms with van der Waals surface area (Å²) in [4.78, 5) is 27.9. The standard InChI is InChI=1S/C41H50F2N4O4Si/c1-26(2)52(27(3)4,28(5)6)19-14-31-34(42)13-12-29-20-30(51-25-49-7)21-32(35(29)31)37-36(43)38-33(22-44-37)39(47-17-10-8-9-11-18-47)46-40(45-38)50-24-41(23-48)15-16-41/h12-13,20-23,26-28H,8-11,15-18,24-25H2,1-7H3. The van der Waals surface area contributed by atoms with E-state index in [9.17, 15) is 4.79 Å². The van der Waals surface area contributed by atoms with Crippen molar-refractivity contribution in [2.45, 2.75) is 96.7 Å². The van der Waals surface area contributed by atoms with Crippen LogP contribution in [0.15, 0.2) is 30.5 Å². The molecule has 52 heavy (non-hydrogen) atoms. The molecule has 4 aromatic rings. The van der Waals surface area contributed by atoms with Crippen molar-refractivity contribution >= 4 is 41.9 Å². The Labute approximate surface area is 306 Å². The fourth-order valence-electron chi connectivity index (χ4n) is 8.00. The zero-order valence-electron chi connectivity index (χ0n) is 31.4. The third-order valence-electron chi connectivity index (χ3n) is 11.1. The van der Waals surface area contributed by atoms with Crippen molar-refractivity contribution in [1.29, 1.82) is 0 Å². The summed E-state index contributed by atoms with van der Waals surface area (Å²) in [5.41, 5.74) is 4.66. The lowest BCUT2D eigenvalue weighted by molar-refractivity contribution is -0.113. The molecule has 1 saturated carbocycles. The first-order chi connectivity index (χ1) is 24.9. The molecule has 2 aromatic carbocycles. The van der Waals surface area contributed by atoms with Gasteiger partial charge in [0.1, 0.15) is 49.6 Å². The van der Waals surface area contributed by atoms with Crippen molar-refractivity contribution in [2.75, 3.05) is 38.5 Å². The first kappa shape index (κ1) is 37.6. The second-order valence-electron chi connectivity index (χ2n) is 15.4. The predicted molar refractivity (Wildman–Crippen MR) is 205 cm³/mol. The highest BCUT2D eigenvalue weighted by molar-refractivity contribution is 6.90. The molecular weight excluding hydrogens is 679 g/mol. The Balaban J connectivity index is 1.60. The van der Waals surface area contributed by atoms with Crippen molar-refractivity contribution in [2.24, 2.45) is 5.41 Å². The molecule has 2 fully saturated rings. The molecule has 276 valence electrons. The van der Waals surface area contributed by atoms with Crippen LogP contribution in [-0.2, 0) is 9.53 Å². The van der Waals surface area contributed by atoms with Crippen molar-refractivity contribution in [3.05, 3.63) is 47.7 Å². The summed E-state index contributed by atoms with van der Waals surface area (Å²) in [5, 5.41) is 1.53. The van der Waals surface area contributed by atoms with Gasteiger partial charge in [-0.25, -0.2) is 8.78 Å². The van der Waals surface area contributed by atoms with E-state index in [0.717, 1.165) is 57.9 Å². The van der Waals surface area contributed by atoms with E-state index in [-0.39, 0.29) is 36.2 Å². The maximum absolute atomic E-state index is 17.3. The summed E-state index contributed by atoms with van der Waals surface area (Å²) in [7, 11) is -0.743. The molecule has 0 spiro atoms. The van der Waals surface area contributed by atoms with Gasteiger partial charge >= 0.3 is 6.01 Å². The zero-order valence-corrected chi connectivity index (χ0v) is 32.4. The van der Waals surface area contributed by atoms with Crippen LogP contribution in [0.1, 0.15) is 85.6 Å². The quantitative estimate of drug-likeness (QED) is 0.0618. The van der Waals surface area contributed by atoms with Crippen LogP contribution in [0.5, 0.6) is 11.8 Å². The third-order valence-corrected chi connectivity index (χ3v) is 17.4. The van der Waals surface area contributed by atoms with Gasteiger partial charge in [-0.2, -0.15) is 9.97 Å². The number of ether oxygens (including phenoxy) is 3. The number of benzene rings is 2. The minimum atomic E-state index is -2.26. The van der Waals surface area contributed by atoms with Gasteiger partial charge in [0.2, 0.25) is 0 Å². The van der Waals surface area contributed by atoms with Crippen LogP contribution in [0, 0.1) is 28.5 Å². The largest absolute Gasteiger partial charge is 0.468 e. The lowest BCUT2D eigenvalue weighted by atomic mass is 9.95. The molecular formula is C41H50F2N4O4Si. The van der Waals surface area contributed by atoms with Crippen molar-refractivity contribution in [3.63, 3.8) is 0 Å². The molecule has 1 aliphatic carbocycles. The Kier molecular flexibility index (Phi) is 11.2. The van der Waals surface area contributed by atoms with Crippen LogP contribution in [0.3, 0.4) is 0 Å². The SMILES string of the molecule is COCOc1cc(-c2ncc3c(N4CCCCCC4)nc(OCC4(C=O)CC4)nc3c2F)c2c(C#C[Si](C(C)C)(C(C)C)C(C)C)c(F)ccc2c1. The number of halogens is 2. The van der Waals surface area contributed by atoms with E-state index in [1.807, 2.05) is 0 Å². The van der Waals surface area contributed by atoms with E-state index >= 15 is 8.78 Å². The van der Waals surface area contributed by atoms with Crippen molar-refractivity contribution in [1.82, 2.24) is 15.0 Å². The highest BCUT2D eigenvalue weighted by Crippen LogP contribution is 2.45. The molecule has 0 atom stereocenters. The predicted octanol–water partition coefficient (Wildman–Crippen LogP) is 9.41. The Morgan fingerprint density at radius 2 is 1.65 bits per heavy atom. The average Bonchev–Trinajstić information content (AvgIpc) is 3.95. The summed E-state index contributed by atoms with van der Waals surface area (Å²) in [5.74, 6) is 3.10. The molecule has 1 saturated heterocycles. The molecule has 0 unspecified atom stereocenters. The number of rotatable bonds is 12. The highest BCUT2D eigenvalue weighted by Gasteiger charge is 2.44. The second kappa shape index (κ2) is 15.5. The van der Waals surface area contributed by atoms with Gasteiger partial charge in [0.05, 0.1) is 16.4 Å². The van der Waals surface area contributed by atoms with Crippen molar-refractivity contribution < 1.29 is 27.8 Å². The van der Waals surface area contributed by atoms with Crippen LogP contribution >= 0.6 is 0 Å². The van der Waals surface area contributed by atoms with Crippen LogP contribution in [-0.4, -0.2) is 62.9 Å². The number of nitrogens with zero attached hydrogens (tertiary/aromatic N) is 4. The first-order valence-corrected chi connectivity index (χ1v) is 20.8. The molecule has 2 aromatic heterocycles. The van der Waals surface area contributed by atoms with Gasteiger partial charge in [0.15, 0.2) is 12.6 Å². The maximum Gasteiger partial charge on any atom is 0.319 e. The fraction of sp³-hybridized carbons (Fsp3) is 0.512. The summed E-state index contributed by atoms with van der Waals surface area (Å²) < 4.78 is 50.4. The molecule has 0 bridgehead atoms. The average molecular weight is 729 g/mol. The van der Waals surface area contributed by atoms with Crippen LogP contribution in [0.2, 0.25) is 16.6 Å². The molecule has 3 heterocycles. The minimum Gasteiger partial charge on any atom is -0.468 e. The second-order valence-corrected chi connectivity index (χ2v) is 21.0. The number of methoxy groups -OCH3 is 1. The normalized spacial score (nSPS) is 16.0. The fourth-order valence-corrected chi connectivity index (χ4v) is 13.2.